The Morgan fingerprint density at radius 3 is 2.75 bits per heavy atom. The van der Waals surface area contributed by atoms with E-state index < -0.39 is 11.8 Å². The quantitative estimate of drug-likeness (QED) is 0.700. The van der Waals surface area contributed by atoms with Crippen LogP contribution < -0.4 is 0 Å². The fraction of sp³-hybridized carbons (Fsp3) is 0.727. The fourth-order valence-corrected chi connectivity index (χ4v) is 2.04. The molecule has 1 aliphatic rings. The van der Waals surface area contributed by atoms with E-state index in [4.69, 9.17) is 0 Å². The van der Waals surface area contributed by atoms with Crippen LogP contribution in [0, 0.1) is 18.0 Å². The molecule has 2 rings (SSSR count). The fourth-order valence-electron chi connectivity index (χ4n) is 2.04. The van der Waals surface area contributed by atoms with Crippen molar-refractivity contribution in [3.8, 4) is 0 Å². The third-order valence-electron chi connectivity index (χ3n) is 2.83. The molecule has 0 spiro atoms. The second-order valence-electron chi connectivity index (χ2n) is 4.74. The molecule has 0 bridgehead atoms. The van der Waals surface area contributed by atoms with Crippen molar-refractivity contribution >= 4 is 0 Å². The van der Waals surface area contributed by atoms with Crippen molar-refractivity contribution in [3.05, 3.63) is 17.5 Å². The molecule has 0 aromatic carbocycles. The molecule has 0 aliphatic heterocycles. The molecule has 1 radical (unpaired) electrons. The van der Waals surface area contributed by atoms with Gasteiger partial charge < -0.3 is 9.78 Å². The van der Waals surface area contributed by atoms with Crippen LogP contribution in [0.4, 0.5) is 8.78 Å². The topological polar surface area (TPSA) is 17.8 Å². The number of fused-ring (bicyclic) bond motifs is 1. The molecule has 0 saturated carbocycles. The first-order valence-electron chi connectivity index (χ1n) is 5.28. The molecule has 0 N–H and O–H groups in total. The predicted octanol–water partition coefficient (Wildman–Crippen LogP) is 2.62. The van der Waals surface area contributed by atoms with Crippen LogP contribution in [0.2, 0.25) is 0 Å². The number of aromatic nitrogens is 2. The second-order valence-corrected chi connectivity index (χ2v) is 4.74. The first-order chi connectivity index (χ1) is 6.93. The van der Waals surface area contributed by atoms with Crippen LogP contribution in [0.5, 0.6) is 0 Å². The maximum atomic E-state index is 13.8. The average Bonchev–Trinajstić information content (AvgIpc) is 2.55. The Bertz CT molecular complexity index is 374. The van der Waals surface area contributed by atoms with Crippen LogP contribution in [-0.4, -0.2) is 9.78 Å². The summed E-state index contributed by atoms with van der Waals surface area (Å²) in [4.78, 5) is 0. The van der Waals surface area contributed by atoms with E-state index in [1.807, 2.05) is 13.8 Å². The zero-order valence-corrected chi connectivity index (χ0v) is 12.3. The van der Waals surface area contributed by atoms with Gasteiger partial charge in [0.05, 0.1) is 0 Å². The minimum Gasteiger partial charge on any atom is -0.360 e. The van der Waals surface area contributed by atoms with E-state index in [1.54, 1.807) is 6.92 Å². The minimum atomic E-state index is -2.74. The molecule has 5 heteroatoms. The molecular formula is C11H15F2N2Re-. The van der Waals surface area contributed by atoms with Gasteiger partial charge in [-0.2, -0.15) is 5.56 Å². The maximum absolute atomic E-state index is 13.8. The maximum Gasteiger partial charge on any atom is 0.230 e. The molecule has 0 fully saturated rings. The summed E-state index contributed by atoms with van der Waals surface area (Å²) in [7, 11) is 0. The first-order valence-corrected chi connectivity index (χ1v) is 5.28. The standard InChI is InChI=1S/C11H15F2N2.Re/c1-7(2)6-15-10-9(5-14-15)4-8(3)11(10,12)13;/h7-8H,4,6H2,1-3H3;/q-1;/t8-;/m1./s1. The molecule has 0 amide bonds. The zero-order chi connectivity index (χ0) is 11.2. The molecule has 0 saturated heterocycles. The Labute approximate surface area is 108 Å². The van der Waals surface area contributed by atoms with Gasteiger partial charge in [0.25, 0.3) is 0 Å². The van der Waals surface area contributed by atoms with E-state index in [-0.39, 0.29) is 26.1 Å². The van der Waals surface area contributed by atoms with Crippen molar-refractivity contribution in [2.24, 2.45) is 11.8 Å². The summed E-state index contributed by atoms with van der Waals surface area (Å²) in [5.41, 5.74) is 0.678. The molecule has 0 unspecified atom stereocenters. The van der Waals surface area contributed by atoms with Gasteiger partial charge in [-0.1, -0.05) is 27.2 Å². The third kappa shape index (κ3) is 2.08. The summed E-state index contributed by atoms with van der Waals surface area (Å²) in [5, 5.41) is 3.92. The summed E-state index contributed by atoms with van der Waals surface area (Å²) < 4.78 is 29.0. The third-order valence-corrected chi connectivity index (χ3v) is 2.83. The van der Waals surface area contributed by atoms with E-state index in [1.165, 1.54) is 4.68 Å². The SMILES string of the molecule is CC(C)Cn1n[c-]c2c1C(F)(F)[C@H](C)C2.[Re]. The van der Waals surface area contributed by atoms with E-state index >= 15 is 0 Å². The van der Waals surface area contributed by atoms with E-state index in [0.29, 0.717) is 24.4 Å². The van der Waals surface area contributed by atoms with Gasteiger partial charge in [-0.15, -0.1) is 6.20 Å². The normalized spacial score (nSPS) is 22.0. The molecule has 1 aromatic heterocycles. The molecule has 1 atom stereocenters. The zero-order valence-electron chi connectivity index (χ0n) is 9.60. The molecule has 1 heterocycles. The van der Waals surface area contributed by atoms with Gasteiger partial charge in [0.1, 0.15) is 0 Å². The Morgan fingerprint density at radius 2 is 2.19 bits per heavy atom. The second kappa shape index (κ2) is 4.54. The molecule has 1 aromatic rings. The number of halogens is 2. The van der Waals surface area contributed by atoms with Crippen molar-refractivity contribution in [3.63, 3.8) is 0 Å². The number of alkyl halides is 2. The van der Waals surface area contributed by atoms with Crippen molar-refractivity contribution in [2.75, 3.05) is 0 Å². The Balaban J connectivity index is 0.00000128. The van der Waals surface area contributed by atoms with Gasteiger partial charge in [0, 0.05) is 32.9 Å². The first kappa shape index (κ1) is 13.8. The van der Waals surface area contributed by atoms with Gasteiger partial charge in [0.2, 0.25) is 5.92 Å². The monoisotopic (exact) mass is 400 g/mol. The van der Waals surface area contributed by atoms with Crippen LogP contribution in [-0.2, 0) is 39.3 Å². The van der Waals surface area contributed by atoms with Gasteiger partial charge in [-0.05, 0) is 11.6 Å². The smallest absolute Gasteiger partial charge is 0.230 e. The summed E-state index contributed by atoms with van der Waals surface area (Å²) in [6, 6.07) is 0. The summed E-state index contributed by atoms with van der Waals surface area (Å²) in [5.74, 6) is -3.05. The Morgan fingerprint density at radius 1 is 1.56 bits per heavy atom. The minimum absolute atomic E-state index is 0. The van der Waals surface area contributed by atoms with Gasteiger partial charge in [0.15, 0.2) is 0 Å². The van der Waals surface area contributed by atoms with Crippen molar-refractivity contribution in [1.29, 1.82) is 0 Å². The molecule has 1 aliphatic carbocycles. The van der Waals surface area contributed by atoms with Crippen LogP contribution in [0.1, 0.15) is 32.0 Å². The van der Waals surface area contributed by atoms with Crippen LogP contribution in [0.3, 0.4) is 0 Å². The summed E-state index contributed by atoms with van der Waals surface area (Å²) >= 11 is 0. The Hall–Kier alpha value is -0.268. The van der Waals surface area contributed by atoms with Crippen LogP contribution >= 0.6 is 0 Å². The van der Waals surface area contributed by atoms with E-state index in [0.717, 1.165) is 0 Å². The summed E-state index contributed by atoms with van der Waals surface area (Å²) in [6.07, 6.45) is 3.10. The van der Waals surface area contributed by atoms with Gasteiger partial charge >= 0.3 is 0 Å². The molecule has 91 valence electrons. The van der Waals surface area contributed by atoms with Gasteiger partial charge in [-0.25, -0.2) is 8.78 Å². The number of nitrogens with zero attached hydrogens (tertiary/aromatic N) is 2. The van der Waals surface area contributed by atoms with Crippen LogP contribution in [0.25, 0.3) is 0 Å². The van der Waals surface area contributed by atoms with Crippen LogP contribution in [0.15, 0.2) is 0 Å². The van der Waals surface area contributed by atoms with Crippen molar-refractivity contribution < 1.29 is 29.2 Å². The largest absolute Gasteiger partial charge is 0.360 e. The predicted molar refractivity (Wildman–Crippen MR) is 52.7 cm³/mol. The van der Waals surface area contributed by atoms with E-state index in [2.05, 4.69) is 11.3 Å². The average molecular weight is 399 g/mol. The summed E-state index contributed by atoms with van der Waals surface area (Å²) in [6.45, 7) is 6.09. The number of rotatable bonds is 2. The van der Waals surface area contributed by atoms with Crippen molar-refractivity contribution in [1.82, 2.24) is 9.78 Å². The number of hydrogen-bond donors (Lipinski definition) is 0. The molecule has 2 nitrogen and oxygen atoms in total. The van der Waals surface area contributed by atoms with E-state index in [9.17, 15) is 8.78 Å². The number of hydrogen-bond acceptors (Lipinski definition) is 1. The van der Waals surface area contributed by atoms with Gasteiger partial charge in [-0.3, -0.25) is 0 Å². The Kier molecular flexibility index (Phi) is 3.92. The van der Waals surface area contributed by atoms with Crippen molar-refractivity contribution in [2.45, 2.75) is 39.7 Å². The molecular weight excluding hydrogens is 384 g/mol. The molecule has 16 heavy (non-hydrogen) atoms.